The standard InChI is InChI=1S/C36H49N4O6P/c1-6-27(4)33(35(42)37-24-26(2)3)39-34(41)31(22-28-16-10-7-11-17-28)40-47(44,45-5)32(23-29-18-12-8-13-19-29)38-36(43)46-25-30-20-14-9-15-21-30/h7-21,26-27,31-33H,6,22-25H2,1-5H3,(H,37,42)(H,38,43)(H,39,41)(H,40,44)/t27-,31+,32?,33-,47?/m0/s1. The third-order valence-corrected chi connectivity index (χ3v) is 10.2. The van der Waals surface area contributed by atoms with Gasteiger partial charge in [0.15, 0.2) is 0 Å². The lowest BCUT2D eigenvalue weighted by molar-refractivity contribution is -0.131. The molecule has 0 bridgehead atoms. The maximum atomic E-state index is 14.7. The van der Waals surface area contributed by atoms with Crippen LogP contribution >= 0.6 is 7.52 Å². The van der Waals surface area contributed by atoms with E-state index < -0.39 is 37.4 Å². The molecule has 0 fully saturated rings. The first-order valence-electron chi connectivity index (χ1n) is 16.1. The van der Waals surface area contributed by atoms with Gasteiger partial charge in [-0.3, -0.25) is 14.2 Å². The summed E-state index contributed by atoms with van der Waals surface area (Å²) < 4.78 is 25.8. The van der Waals surface area contributed by atoms with Crippen molar-refractivity contribution in [1.82, 2.24) is 21.0 Å². The Bertz CT molecular complexity index is 1440. The normalized spacial score (nSPS) is 15.0. The summed E-state index contributed by atoms with van der Waals surface area (Å²) in [5.74, 6) is -1.81. The number of carbonyl (C=O) groups is 3. The van der Waals surface area contributed by atoms with Crippen LogP contribution in [0.15, 0.2) is 91.0 Å². The van der Waals surface area contributed by atoms with Crippen LogP contribution in [0.5, 0.6) is 0 Å². The average molecular weight is 665 g/mol. The van der Waals surface area contributed by atoms with E-state index in [-0.39, 0.29) is 37.2 Å². The molecule has 3 aromatic rings. The van der Waals surface area contributed by atoms with Crippen LogP contribution in [0.2, 0.25) is 0 Å². The van der Waals surface area contributed by atoms with Crippen molar-refractivity contribution in [3.05, 3.63) is 108 Å². The van der Waals surface area contributed by atoms with Crippen molar-refractivity contribution in [2.45, 2.75) is 71.4 Å². The lowest BCUT2D eigenvalue weighted by Gasteiger charge is -2.32. The van der Waals surface area contributed by atoms with Crippen molar-refractivity contribution in [3.63, 3.8) is 0 Å². The first kappa shape index (κ1) is 37.5. The number of benzene rings is 3. The molecule has 3 rings (SSSR count). The summed E-state index contributed by atoms with van der Waals surface area (Å²) in [4.78, 5) is 40.3. The zero-order valence-electron chi connectivity index (χ0n) is 28.0. The van der Waals surface area contributed by atoms with Gasteiger partial charge in [-0.25, -0.2) is 9.88 Å². The number of nitrogens with one attached hydrogen (secondary N) is 4. The number of ether oxygens (including phenoxy) is 1. The van der Waals surface area contributed by atoms with E-state index in [4.69, 9.17) is 9.26 Å². The fourth-order valence-corrected chi connectivity index (χ4v) is 6.81. The van der Waals surface area contributed by atoms with Crippen molar-refractivity contribution in [2.75, 3.05) is 13.7 Å². The fourth-order valence-electron chi connectivity index (χ4n) is 4.90. The van der Waals surface area contributed by atoms with Crippen LogP contribution in [-0.2, 0) is 42.9 Å². The van der Waals surface area contributed by atoms with Crippen LogP contribution in [-0.4, -0.2) is 49.4 Å². The van der Waals surface area contributed by atoms with Crippen molar-refractivity contribution >= 4 is 25.4 Å². The minimum Gasteiger partial charge on any atom is -0.445 e. The molecule has 0 spiro atoms. The molecule has 0 aliphatic carbocycles. The van der Waals surface area contributed by atoms with Crippen LogP contribution in [0.4, 0.5) is 4.79 Å². The Balaban J connectivity index is 1.91. The van der Waals surface area contributed by atoms with Crippen LogP contribution in [0.1, 0.15) is 50.8 Å². The predicted octanol–water partition coefficient (Wildman–Crippen LogP) is 5.83. The molecular weight excluding hydrogens is 615 g/mol. The van der Waals surface area contributed by atoms with E-state index in [1.165, 1.54) is 7.11 Å². The molecule has 254 valence electrons. The van der Waals surface area contributed by atoms with Gasteiger partial charge in [-0.05, 0) is 34.9 Å². The Hall–Kier alpha value is -3.98. The second kappa shape index (κ2) is 19.0. The number of hydrogen-bond donors (Lipinski definition) is 4. The maximum Gasteiger partial charge on any atom is 0.408 e. The Morgan fingerprint density at radius 3 is 1.79 bits per heavy atom. The predicted molar refractivity (Wildman–Crippen MR) is 185 cm³/mol. The van der Waals surface area contributed by atoms with Crippen molar-refractivity contribution in [3.8, 4) is 0 Å². The molecule has 0 heterocycles. The molecule has 0 aliphatic rings. The van der Waals surface area contributed by atoms with E-state index in [1.807, 2.05) is 119 Å². The van der Waals surface area contributed by atoms with E-state index in [1.54, 1.807) is 0 Å². The summed E-state index contributed by atoms with van der Waals surface area (Å²) in [6.45, 7) is 8.34. The summed E-state index contributed by atoms with van der Waals surface area (Å²) in [5.41, 5.74) is 2.40. The van der Waals surface area contributed by atoms with Crippen LogP contribution in [0.25, 0.3) is 0 Å². The summed E-state index contributed by atoms with van der Waals surface area (Å²) in [6, 6.07) is 25.9. The summed E-state index contributed by atoms with van der Waals surface area (Å²) >= 11 is 0. The highest BCUT2D eigenvalue weighted by Gasteiger charge is 2.40. The lowest BCUT2D eigenvalue weighted by atomic mass is 9.97. The van der Waals surface area contributed by atoms with Gasteiger partial charge < -0.3 is 25.2 Å². The minimum absolute atomic E-state index is 0.0182. The third-order valence-electron chi connectivity index (χ3n) is 7.86. The summed E-state index contributed by atoms with van der Waals surface area (Å²) in [5, 5.41) is 11.6. The lowest BCUT2D eigenvalue weighted by Crippen LogP contribution is -2.56. The summed E-state index contributed by atoms with van der Waals surface area (Å²) in [6.07, 6.45) is 0.155. The molecule has 3 aromatic carbocycles. The summed E-state index contributed by atoms with van der Waals surface area (Å²) in [7, 11) is -2.74. The molecule has 5 atom stereocenters. The van der Waals surface area contributed by atoms with Gasteiger partial charge in [-0.1, -0.05) is 125 Å². The molecule has 10 nitrogen and oxygen atoms in total. The van der Waals surface area contributed by atoms with Gasteiger partial charge in [0, 0.05) is 20.1 Å². The third kappa shape index (κ3) is 12.3. The number of alkyl carbamates (subject to hydrolysis) is 1. The Morgan fingerprint density at radius 1 is 0.745 bits per heavy atom. The average Bonchev–Trinajstić information content (AvgIpc) is 3.08. The van der Waals surface area contributed by atoms with Gasteiger partial charge in [-0.15, -0.1) is 0 Å². The first-order valence-corrected chi connectivity index (χ1v) is 17.8. The molecule has 0 radical (unpaired) electrons. The molecule has 2 unspecified atom stereocenters. The number of carbonyl (C=O) groups excluding carboxylic acids is 3. The monoisotopic (exact) mass is 664 g/mol. The number of rotatable bonds is 18. The van der Waals surface area contributed by atoms with Gasteiger partial charge in [0.05, 0.1) is 6.04 Å². The van der Waals surface area contributed by atoms with E-state index in [0.717, 1.165) is 16.7 Å². The Morgan fingerprint density at radius 2 is 1.28 bits per heavy atom. The van der Waals surface area contributed by atoms with Crippen molar-refractivity contribution in [2.24, 2.45) is 11.8 Å². The van der Waals surface area contributed by atoms with Gasteiger partial charge in [0.2, 0.25) is 11.8 Å². The van der Waals surface area contributed by atoms with E-state index in [9.17, 15) is 18.9 Å². The van der Waals surface area contributed by atoms with Gasteiger partial charge in [0.1, 0.15) is 18.4 Å². The fraction of sp³-hybridized carbons (Fsp3) is 0.417. The second-order valence-electron chi connectivity index (χ2n) is 12.1. The van der Waals surface area contributed by atoms with Crippen LogP contribution in [0, 0.1) is 11.8 Å². The maximum absolute atomic E-state index is 14.7. The largest absolute Gasteiger partial charge is 0.445 e. The molecule has 0 saturated heterocycles. The highest BCUT2D eigenvalue weighted by atomic mass is 31.2. The number of amides is 3. The zero-order chi connectivity index (χ0) is 34.2. The SMILES string of the molecule is CC[C@H](C)[C@H](NC(=O)[C@@H](Cc1ccccc1)NP(=O)(OC)C(Cc1ccccc1)NC(=O)OCc1ccccc1)C(=O)NCC(C)C. The van der Waals surface area contributed by atoms with E-state index in [2.05, 4.69) is 21.0 Å². The Labute approximate surface area is 278 Å². The van der Waals surface area contributed by atoms with Crippen molar-refractivity contribution in [1.29, 1.82) is 0 Å². The van der Waals surface area contributed by atoms with Crippen LogP contribution < -0.4 is 21.0 Å². The molecule has 0 aromatic heterocycles. The van der Waals surface area contributed by atoms with E-state index in [0.29, 0.717) is 13.0 Å². The smallest absolute Gasteiger partial charge is 0.408 e. The molecule has 0 aliphatic heterocycles. The highest BCUT2D eigenvalue weighted by molar-refractivity contribution is 7.57. The van der Waals surface area contributed by atoms with Gasteiger partial charge in [-0.2, -0.15) is 0 Å². The first-order chi connectivity index (χ1) is 22.5. The van der Waals surface area contributed by atoms with Crippen molar-refractivity contribution < 1.29 is 28.2 Å². The Kier molecular flexibility index (Phi) is 15.1. The molecule has 4 N–H and O–H groups in total. The topological polar surface area (TPSA) is 135 Å². The van der Waals surface area contributed by atoms with Crippen LogP contribution in [0.3, 0.4) is 0 Å². The molecule has 11 heteroatoms. The second-order valence-corrected chi connectivity index (χ2v) is 14.5. The van der Waals surface area contributed by atoms with Gasteiger partial charge >= 0.3 is 6.09 Å². The molecular formula is C36H49N4O6P. The molecule has 3 amide bonds. The van der Waals surface area contributed by atoms with E-state index >= 15 is 0 Å². The highest BCUT2D eigenvalue weighted by Crippen LogP contribution is 2.48. The molecule has 0 saturated carbocycles. The quantitative estimate of drug-likeness (QED) is 0.126. The zero-order valence-corrected chi connectivity index (χ0v) is 28.9. The molecule has 47 heavy (non-hydrogen) atoms. The number of hydrogen-bond acceptors (Lipinski definition) is 6. The minimum atomic E-state index is -4.02. The van der Waals surface area contributed by atoms with Gasteiger partial charge in [0.25, 0.3) is 7.52 Å².